The summed E-state index contributed by atoms with van der Waals surface area (Å²) in [5.74, 6) is 0.354. The number of piperidine rings is 1. The number of aromatic nitrogens is 2. The predicted octanol–water partition coefficient (Wildman–Crippen LogP) is 2.98. The molecular formula is C24H28N4O5S. The Morgan fingerprint density at radius 2 is 2.09 bits per heavy atom. The first kappa shape index (κ1) is 23.9. The molecule has 3 aromatic rings. The number of carbonyl (C=O) groups excluding carboxylic acids is 1. The Hall–Kier alpha value is -3.24. The number of hydrogen-bond acceptors (Lipinski definition) is 7. The number of nitrogens with one attached hydrogen (secondary N) is 1. The lowest BCUT2D eigenvalue weighted by molar-refractivity contribution is -0.126. The highest BCUT2D eigenvalue weighted by molar-refractivity contribution is 7.89. The topological polar surface area (TPSA) is 115 Å². The van der Waals surface area contributed by atoms with Crippen LogP contribution in [0.4, 0.5) is 0 Å². The lowest BCUT2D eigenvalue weighted by atomic mass is 9.99. The van der Waals surface area contributed by atoms with Gasteiger partial charge in [-0.15, -0.1) is 0 Å². The van der Waals surface area contributed by atoms with E-state index in [2.05, 4.69) is 15.5 Å². The molecule has 1 N–H and O–H groups in total. The Bertz CT molecular complexity index is 1220. The van der Waals surface area contributed by atoms with Gasteiger partial charge in [-0.3, -0.25) is 9.78 Å². The van der Waals surface area contributed by atoms with Crippen molar-refractivity contribution in [2.75, 3.05) is 13.1 Å². The van der Waals surface area contributed by atoms with Crippen LogP contribution in [0.2, 0.25) is 0 Å². The van der Waals surface area contributed by atoms with Crippen molar-refractivity contribution < 1.29 is 22.5 Å². The summed E-state index contributed by atoms with van der Waals surface area (Å²) >= 11 is 0. The number of ether oxygens (including phenoxy) is 1. The summed E-state index contributed by atoms with van der Waals surface area (Å²) in [5.41, 5.74) is 2.05. The molecule has 180 valence electrons. The molecule has 0 radical (unpaired) electrons. The zero-order valence-corrected chi connectivity index (χ0v) is 20.0. The molecule has 10 heteroatoms. The highest BCUT2D eigenvalue weighted by Gasteiger charge is 2.36. The third-order valence-electron chi connectivity index (χ3n) is 5.80. The highest BCUT2D eigenvalue weighted by atomic mass is 32.2. The Morgan fingerprint density at radius 1 is 1.24 bits per heavy atom. The summed E-state index contributed by atoms with van der Waals surface area (Å²) < 4.78 is 38.4. The summed E-state index contributed by atoms with van der Waals surface area (Å²) in [6.45, 7) is 4.36. The largest absolute Gasteiger partial charge is 0.487 e. The average Bonchev–Trinajstić information content (AvgIpc) is 3.20. The predicted molar refractivity (Wildman–Crippen MR) is 124 cm³/mol. The van der Waals surface area contributed by atoms with Crippen molar-refractivity contribution in [1.29, 1.82) is 0 Å². The molecule has 0 saturated carbocycles. The highest BCUT2D eigenvalue weighted by Crippen LogP contribution is 2.28. The number of hydrogen-bond donors (Lipinski definition) is 1. The molecule has 0 aliphatic carbocycles. The first-order valence-electron chi connectivity index (χ1n) is 11.2. The Kier molecular flexibility index (Phi) is 7.28. The normalized spacial score (nSPS) is 16.8. The van der Waals surface area contributed by atoms with Gasteiger partial charge in [-0.05, 0) is 56.5 Å². The van der Waals surface area contributed by atoms with Gasteiger partial charge in [0.25, 0.3) is 0 Å². The third kappa shape index (κ3) is 5.45. The fraction of sp³-hybridized carbons (Fsp3) is 0.375. The molecule has 1 fully saturated rings. The van der Waals surface area contributed by atoms with Crippen LogP contribution in [0.25, 0.3) is 0 Å². The van der Waals surface area contributed by atoms with E-state index in [0.717, 1.165) is 11.3 Å². The van der Waals surface area contributed by atoms with Crippen LogP contribution < -0.4 is 10.1 Å². The summed E-state index contributed by atoms with van der Waals surface area (Å²) in [6.07, 6.45) is 2.96. The molecule has 1 atom stereocenters. The van der Waals surface area contributed by atoms with Gasteiger partial charge >= 0.3 is 0 Å². The molecule has 1 aliphatic rings. The maximum atomic E-state index is 13.1. The molecule has 34 heavy (non-hydrogen) atoms. The smallest absolute Gasteiger partial charge is 0.248 e. The minimum absolute atomic E-state index is 0.0936. The first-order valence-corrected chi connectivity index (χ1v) is 12.6. The molecule has 1 aliphatic heterocycles. The molecule has 1 aromatic carbocycles. The molecule has 3 heterocycles. The van der Waals surface area contributed by atoms with Crippen molar-refractivity contribution in [2.45, 2.75) is 44.7 Å². The number of amides is 1. The van der Waals surface area contributed by atoms with Crippen LogP contribution in [0.1, 0.15) is 35.6 Å². The van der Waals surface area contributed by atoms with Crippen LogP contribution in [-0.4, -0.2) is 41.9 Å². The summed E-state index contributed by atoms with van der Waals surface area (Å²) in [4.78, 5) is 17.2. The van der Waals surface area contributed by atoms with Crippen LogP contribution in [0.3, 0.4) is 0 Å². The fourth-order valence-electron chi connectivity index (χ4n) is 4.07. The van der Waals surface area contributed by atoms with E-state index in [1.807, 2.05) is 42.5 Å². The molecule has 1 saturated heterocycles. The van der Waals surface area contributed by atoms with Gasteiger partial charge in [-0.2, -0.15) is 4.31 Å². The zero-order chi connectivity index (χ0) is 24.1. The SMILES string of the molecule is Cc1noc(C)c1S(=O)(=O)N1CCCC(C(=O)NCc2cccc(OCc3ccccn3)c2)C1. The van der Waals surface area contributed by atoms with Gasteiger partial charge in [-0.1, -0.05) is 23.4 Å². The van der Waals surface area contributed by atoms with E-state index in [4.69, 9.17) is 9.26 Å². The molecule has 1 amide bonds. The number of aryl methyl sites for hydroxylation is 2. The standard InChI is InChI=1S/C24H28N4O5S/c1-17-23(18(2)33-27-17)34(30,31)28-12-6-8-20(15-28)24(29)26-14-19-7-5-10-22(13-19)32-16-21-9-3-4-11-25-21/h3-5,7,9-11,13,20H,6,8,12,14-16H2,1-2H3,(H,26,29). The van der Waals surface area contributed by atoms with Crippen molar-refractivity contribution in [3.8, 4) is 5.75 Å². The van der Waals surface area contributed by atoms with E-state index in [9.17, 15) is 13.2 Å². The van der Waals surface area contributed by atoms with Crippen molar-refractivity contribution in [3.63, 3.8) is 0 Å². The summed E-state index contributed by atoms with van der Waals surface area (Å²) in [7, 11) is -3.77. The van der Waals surface area contributed by atoms with Crippen LogP contribution in [0.15, 0.2) is 58.1 Å². The van der Waals surface area contributed by atoms with E-state index in [1.165, 1.54) is 4.31 Å². The van der Waals surface area contributed by atoms with Gasteiger partial charge in [0, 0.05) is 25.8 Å². The number of benzene rings is 1. The van der Waals surface area contributed by atoms with Crippen LogP contribution >= 0.6 is 0 Å². The summed E-state index contributed by atoms with van der Waals surface area (Å²) in [5, 5.41) is 6.70. The number of nitrogens with zero attached hydrogens (tertiary/aromatic N) is 3. The van der Waals surface area contributed by atoms with E-state index < -0.39 is 15.9 Å². The lowest BCUT2D eigenvalue weighted by Crippen LogP contribution is -2.45. The van der Waals surface area contributed by atoms with Gasteiger partial charge in [0.15, 0.2) is 5.76 Å². The Labute approximate surface area is 199 Å². The molecule has 4 rings (SSSR count). The van der Waals surface area contributed by atoms with Crippen molar-refractivity contribution in [1.82, 2.24) is 19.8 Å². The lowest BCUT2D eigenvalue weighted by Gasteiger charge is -2.31. The number of carbonyl (C=O) groups is 1. The average molecular weight is 485 g/mol. The van der Waals surface area contributed by atoms with E-state index in [1.54, 1.807) is 20.0 Å². The monoisotopic (exact) mass is 484 g/mol. The maximum absolute atomic E-state index is 13.1. The molecule has 0 spiro atoms. The quantitative estimate of drug-likeness (QED) is 0.523. The third-order valence-corrected chi connectivity index (χ3v) is 7.91. The van der Waals surface area contributed by atoms with Crippen molar-refractivity contribution in [3.05, 3.63) is 71.4 Å². The van der Waals surface area contributed by atoms with Gasteiger partial charge in [-0.25, -0.2) is 8.42 Å². The Balaban J connectivity index is 1.34. The van der Waals surface area contributed by atoms with Crippen LogP contribution in [0, 0.1) is 19.8 Å². The van der Waals surface area contributed by atoms with Gasteiger partial charge in [0.2, 0.25) is 15.9 Å². The number of pyridine rings is 1. The van der Waals surface area contributed by atoms with Gasteiger partial charge < -0.3 is 14.6 Å². The van der Waals surface area contributed by atoms with Crippen LogP contribution in [-0.2, 0) is 28.0 Å². The Morgan fingerprint density at radius 3 is 2.82 bits per heavy atom. The van der Waals surface area contributed by atoms with Gasteiger partial charge in [0.1, 0.15) is 22.9 Å². The number of sulfonamides is 1. The van der Waals surface area contributed by atoms with E-state index >= 15 is 0 Å². The fourth-order valence-corrected chi connectivity index (χ4v) is 5.88. The molecule has 2 aromatic heterocycles. The number of rotatable bonds is 8. The second kappa shape index (κ2) is 10.4. The van der Waals surface area contributed by atoms with E-state index in [0.29, 0.717) is 44.0 Å². The van der Waals surface area contributed by atoms with Crippen molar-refractivity contribution >= 4 is 15.9 Å². The molecular weight excluding hydrogens is 456 g/mol. The second-order valence-electron chi connectivity index (χ2n) is 8.33. The maximum Gasteiger partial charge on any atom is 0.248 e. The molecule has 9 nitrogen and oxygen atoms in total. The minimum Gasteiger partial charge on any atom is -0.487 e. The van der Waals surface area contributed by atoms with Gasteiger partial charge in [0.05, 0.1) is 11.6 Å². The minimum atomic E-state index is -3.77. The molecule has 0 bridgehead atoms. The second-order valence-corrected chi connectivity index (χ2v) is 10.2. The first-order chi connectivity index (χ1) is 16.3. The zero-order valence-electron chi connectivity index (χ0n) is 19.2. The van der Waals surface area contributed by atoms with Crippen molar-refractivity contribution in [2.24, 2.45) is 5.92 Å². The summed E-state index contributed by atoms with van der Waals surface area (Å²) in [6, 6.07) is 13.2. The molecule has 1 unspecified atom stereocenters. The van der Waals surface area contributed by atoms with E-state index in [-0.39, 0.29) is 23.1 Å². The van der Waals surface area contributed by atoms with Crippen LogP contribution in [0.5, 0.6) is 5.75 Å².